The van der Waals surface area contributed by atoms with E-state index in [1.165, 1.54) is 0 Å². The van der Waals surface area contributed by atoms with Gasteiger partial charge in [0.05, 0.1) is 24.5 Å². The normalized spacial score (nSPS) is 12.5. The van der Waals surface area contributed by atoms with Gasteiger partial charge in [0.1, 0.15) is 11.0 Å². The smallest absolute Gasteiger partial charge is 0.222 e. The third-order valence-corrected chi connectivity index (χ3v) is 4.24. The number of aromatic nitrogens is 4. The zero-order chi connectivity index (χ0) is 17.1. The van der Waals surface area contributed by atoms with E-state index >= 15 is 0 Å². The standard InChI is InChI=1S/C18H23N5O/c1-4-22-16-12-19-23(18(16)14(3)21-22)11-10-17(24)20-13(2)15-8-6-5-7-9-15/h5-9,12-13H,4,10-11H2,1-3H3,(H,20,24). The largest absolute Gasteiger partial charge is 0.350 e. The van der Waals surface area contributed by atoms with Crippen LogP contribution in [0.15, 0.2) is 36.5 Å². The molecule has 3 rings (SSSR count). The van der Waals surface area contributed by atoms with E-state index in [1.807, 2.05) is 59.7 Å². The molecule has 0 aliphatic carbocycles. The Labute approximate surface area is 141 Å². The molecule has 0 aliphatic rings. The molecule has 1 atom stereocenters. The van der Waals surface area contributed by atoms with Crippen LogP contribution in [-0.4, -0.2) is 25.5 Å². The van der Waals surface area contributed by atoms with Crippen molar-refractivity contribution in [1.82, 2.24) is 24.9 Å². The van der Waals surface area contributed by atoms with Gasteiger partial charge in [-0.2, -0.15) is 10.2 Å². The van der Waals surface area contributed by atoms with Gasteiger partial charge in [-0.1, -0.05) is 30.3 Å². The van der Waals surface area contributed by atoms with Gasteiger partial charge in [-0.25, -0.2) is 0 Å². The first-order chi connectivity index (χ1) is 11.6. The zero-order valence-electron chi connectivity index (χ0n) is 14.4. The van der Waals surface area contributed by atoms with E-state index in [1.54, 1.807) is 0 Å². The van der Waals surface area contributed by atoms with Crippen molar-refractivity contribution in [3.63, 3.8) is 0 Å². The zero-order valence-corrected chi connectivity index (χ0v) is 14.4. The molecule has 1 N–H and O–H groups in total. The van der Waals surface area contributed by atoms with Crippen molar-refractivity contribution >= 4 is 16.9 Å². The third kappa shape index (κ3) is 3.18. The molecule has 0 saturated heterocycles. The maximum atomic E-state index is 12.2. The van der Waals surface area contributed by atoms with Crippen LogP contribution in [0.2, 0.25) is 0 Å². The highest BCUT2D eigenvalue weighted by atomic mass is 16.1. The van der Waals surface area contributed by atoms with Gasteiger partial charge in [0.2, 0.25) is 5.91 Å². The summed E-state index contributed by atoms with van der Waals surface area (Å²) in [6, 6.07) is 9.97. The molecule has 1 amide bonds. The van der Waals surface area contributed by atoms with E-state index in [0.29, 0.717) is 13.0 Å². The quantitative estimate of drug-likeness (QED) is 0.758. The average molecular weight is 325 g/mol. The number of fused-ring (bicyclic) bond motifs is 1. The lowest BCUT2D eigenvalue weighted by atomic mass is 10.1. The highest BCUT2D eigenvalue weighted by Gasteiger charge is 2.14. The minimum absolute atomic E-state index is 0.000850. The Morgan fingerprint density at radius 2 is 2.00 bits per heavy atom. The Morgan fingerprint density at radius 1 is 1.25 bits per heavy atom. The second kappa shape index (κ2) is 6.86. The summed E-state index contributed by atoms with van der Waals surface area (Å²) in [6.07, 6.45) is 2.22. The van der Waals surface area contributed by atoms with Crippen molar-refractivity contribution in [3.8, 4) is 0 Å². The van der Waals surface area contributed by atoms with Crippen LogP contribution in [0.3, 0.4) is 0 Å². The van der Waals surface area contributed by atoms with E-state index in [2.05, 4.69) is 22.4 Å². The van der Waals surface area contributed by atoms with Gasteiger partial charge < -0.3 is 5.32 Å². The predicted molar refractivity (Wildman–Crippen MR) is 93.5 cm³/mol. The lowest BCUT2D eigenvalue weighted by Gasteiger charge is -2.14. The Balaban J connectivity index is 1.63. The second-order valence-electron chi connectivity index (χ2n) is 5.95. The first kappa shape index (κ1) is 16.2. The first-order valence-electron chi connectivity index (χ1n) is 8.33. The molecule has 0 radical (unpaired) electrons. The molecule has 0 saturated carbocycles. The summed E-state index contributed by atoms with van der Waals surface area (Å²) in [6.45, 7) is 7.39. The van der Waals surface area contributed by atoms with Gasteiger partial charge in [0, 0.05) is 13.0 Å². The van der Waals surface area contributed by atoms with Gasteiger partial charge in [0.25, 0.3) is 0 Å². The molecule has 0 aliphatic heterocycles. The fourth-order valence-electron chi connectivity index (χ4n) is 2.98. The summed E-state index contributed by atoms with van der Waals surface area (Å²) in [5.41, 5.74) is 4.09. The first-order valence-corrected chi connectivity index (χ1v) is 8.33. The Morgan fingerprint density at radius 3 is 2.71 bits per heavy atom. The summed E-state index contributed by atoms with van der Waals surface area (Å²) in [5, 5.41) is 11.9. The third-order valence-electron chi connectivity index (χ3n) is 4.24. The molecule has 2 aromatic heterocycles. The number of aryl methyl sites for hydroxylation is 3. The molecule has 24 heavy (non-hydrogen) atoms. The van der Waals surface area contributed by atoms with Crippen molar-refractivity contribution in [2.45, 2.75) is 46.3 Å². The molecule has 0 spiro atoms. The van der Waals surface area contributed by atoms with Crippen molar-refractivity contribution in [3.05, 3.63) is 47.8 Å². The lowest BCUT2D eigenvalue weighted by molar-refractivity contribution is -0.122. The predicted octanol–water partition coefficient (Wildman–Crippen LogP) is 2.83. The Hall–Kier alpha value is -2.63. The lowest BCUT2D eigenvalue weighted by Crippen LogP contribution is -2.27. The SMILES string of the molecule is CCn1nc(C)c2c1cnn2CCC(=O)NC(C)c1ccccc1. The number of hydrogen-bond donors (Lipinski definition) is 1. The summed E-state index contributed by atoms with van der Waals surface area (Å²) >= 11 is 0. The molecule has 6 nitrogen and oxygen atoms in total. The van der Waals surface area contributed by atoms with Crippen LogP contribution in [0.5, 0.6) is 0 Å². The second-order valence-corrected chi connectivity index (χ2v) is 5.95. The minimum atomic E-state index is 0.000850. The number of carbonyl (C=O) groups excluding carboxylic acids is 1. The molecule has 3 aromatic rings. The number of amides is 1. The summed E-state index contributed by atoms with van der Waals surface area (Å²) in [7, 11) is 0. The topological polar surface area (TPSA) is 64.7 Å². The van der Waals surface area contributed by atoms with Gasteiger partial charge in [0.15, 0.2) is 0 Å². The summed E-state index contributed by atoms with van der Waals surface area (Å²) in [5.74, 6) is 0.0236. The number of carbonyl (C=O) groups is 1. The molecule has 0 fully saturated rings. The maximum absolute atomic E-state index is 12.2. The highest BCUT2D eigenvalue weighted by molar-refractivity contribution is 5.79. The van der Waals surface area contributed by atoms with E-state index in [-0.39, 0.29) is 11.9 Å². The number of nitrogens with one attached hydrogen (secondary N) is 1. The highest BCUT2D eigenvalue weighted by Crippen LogP contribution is 2.18. The van der Waals surface area contributed by atoms with Crippen LogP contribution < -0.4 is 5.32 Å². The van der Waals surface area contributed by atoms with Crippen molar-refractivity contribution in [2.24, 2.45) is 0 Å². The molecule has 1 unspecified atom stereocenters. The fourth-order valence-corrected chi connectivity index (χ4v) is 2.98. The Bertz CT molecular complexity index is 834. The molecule has 0 bridgehead atoms. The maximum Gasteiger partial charge on any atom is 0.222 e. The van der Waals surface area contributed by atoms with Crippen molar-refractivity contribution in [2.75, 3.05) is 0 Å². The van der Waals surface area contributed by atoms with Crippen LogP contribution in [0.1, 0.15) is 37.6 Å². The van der Waals surface area contributed by atoms with Gasteiger partial charge in [-0.3, -0.25) is 14.2 Å². The minimum Gasteiger partial charge on any atom is -0.350 e. The van der Waals surface area contributed by atoms with Crippen LogP contribution >= 0.6 is 0 Å². The fraction of sp³-hybridized carbons (Fsp3) is 0.389. The number of nitrogens with zero attached hydrogens (tertiary/aromatic N) is 4. The van der Waals surface area contributed by atoms with Crippen molar-refractivity contribution < 1.29 is 4.79 Å². The number of benzene rings is 1. The van der Waals surface area contributed by atoms with Crippen LogP contribution in [0.4, 0.5) is 0 Å². The molecular formula is C18H23N5O. The van der Waals surface area contributed by atoms with Crippen LogP contribution in [-0.2, 0) is 17.9 Å². The molecule has 1 aromatic carbocycles. The van der Waals surface area contributed by atoms with Crippen LogP contribution in [0, 0.1) is 6.92 Å². The Kier molecular flexibility index (Phi) is 4.64. The average Bonchev–Trinajstić information content (AvgIpc) is 3.15. The van der Waals surface area contributed by atoms with Gasteiger partial charge in [-0.15, -0.1) is 0 Å². The van der Waals surface area contributed by atoms with Gasteiger partial charge >= 0.3 is 0 Å². The van der Waals surface area contributed by atoms with E-state index in [0.717, 1.165) is 28.8 Å². The van der Waals surface area contributed by atoms with E-state index in [9.17, 15) is 4.79 Å². The monoisotopic (exact) mass is 325 g/mol. The molecule has 2 heterocycles. The number of hydrogen-bond acceptors (Lipinski definition) is 3. The van der Waals surface area contributed by atoms with Crippen molar-refractivity contribution in [1.29, 1.82) is 0 Å². The molecule has 126 valence electrons. The molecular weight excluding hydrogens is 302 g/mol. The number of rotatable bonds is 6. The van der Waals surface area contributed by atoms with Gasteiger partial charge in [-0.05, 0) is 26.3 Å². The summed E-state index contributed by atoms with van der Waals surface area (Å²) < 4.78 is 3.81. The van der Waals surface area contributed by atoms with E-state index in [4.69, 9.17) is 0 Å². The van der Waals surface area contributed by atoms with Crippen LogP contribution in [0.25, 0.3) is 11.0 Å². The molecule has 6 heteroatoms. The summed E-state index contributed by atoms with van der Waals surface area (Å²) in [4.78, 5) is 12.2. The van der Waals surface area contributed by atoms with E-state index < -0.39 is 0 Å².